The van der Waals surface area contributed by atoms with Crippen LogP contribution >= 0.6 is 0 Å². The van der Waals surface area contributed by atoms with Gasteiger partial charge in [0.15, 0.2) is 0 Å². The second kappa shape index (κ2) is 13.5. The van der Waals surface area contributed by atoms with Gasteiger partial charge in [-0.25, -0.2) is 0 Å². The summed E-state index contributed by atoms with van der Waals surface area (Å²) in [6.45, 7) is 6.98. The Kier molecular flexibility index (Phi) is 12.7. The van der Waals surface area contributed by atoms with Crippen molar-refractivity contribution in [3.63, 3.8) is 0 Å². The fourth-order valence-corrected chi connectivity index (χ4v) is 3.42. The van der Waals surface area contributed by atoms with Crippen LogP contribution in [0.2, 0.25) is 11.1 Å². The molecule has 0 radical (unpaired) electrons. The van der Waals surface area contributed by atoms with E-state index < -0.39 is 41.8 Å². The van der Waals surface area contributed by atoms with E-state index in [2.05, 4.69) is 16.0 Å². The van der Waals surface area contributed by atoms with E-state index >= 15 is 0 Å². The normalized spacial score (nSPS) is 14.3. The quantitative estimate of drug-likeness (QED) is 0.237. The molecule has 0 saturated carbocycles. The Morgan fingerprint density at radius 1 is 1.04 bits per heavy atom. The molecule has 28 heavy (non-hydrogen) atoms. The molecule has 3 atom stereocenters. The molecule has 9 nitrogen and oxygen atoms in total. The van der Waals surface area contributed by atoms with Gasteiger partial charge >= 0.3 is 173 Å². The zero-order chi connectivity index (χ0) is 21.9. The standard InChI is InChI=1S/C18H34N4O5Se/c1-10(2)8-12(19)16(24)20-9-14(23)21-13(6-7-28-5)17(25)22-15(11(3)4)18(26)27/h10-13,15H,6-9,19H2,1-5H3,(H,20,24)(H,21,23)(H,22,25)(H,26,27)/t12-,13-,15-/m0/s1. The van der Waals surface area contributed by atoms with Crippen molar-refractivity contribution >= 4 is 38.6 Å². The first-order chi connectivity index (χ1) is 13.0. The van der Waals surface area contributed by atoms with Crippen molar-refractivity contribution < 1.29 is 24.3 Å². The summed E-state index contributed by atoms with van der Waals surface area (Å²) in [7, 11) is 0. The van der Waals surface area contributed by atoms with Crippen LogP contribution in [0.1, 0.15) is 40.5 Å². The Balaban J connectivity index is 4.80. The van der Waals surface area contributed by atoms with Crippen LogP contribution in [-0.4, -0.2) is 68.4 Å². The van der Waals surface area contributed by atoms with Gasteiger partial charge in [-0.05, 0) is 0 Å². The maximum absolute atomic E-state index is 12.5. The molecule has 0 spiro atoms. The number of carboxylic acids is 1. The van der Waals surface area contributed by atoms with Crippen molar-refractivity contribution in [2.75, 3.05) is 6.54 Å². The van der Waals surface area contributed by atoms with Gasteiger partial charge < -0.3 is 0 Å². The zero-order valence-corrected chi connectivity index (χ0v) is 19.0. The molecule has 0 aromatic carbocycles. The number of aliphatic carboxylic acids is 1. The molecule has 3 amide bonds. The predicted octanol–water partition coefficient (Wildman–Crippen LogP) is -0.253. The van der Waals surface area contributed by atoms with Crippen molar-refractivity contribution in [1.29, 1.82) is 0 Å². The Labute approximate surface area is 173 Å². The summed E-state index contributed by atoms with van der Waals surface area (Å²) in [5, 5.41) is 17.5. The van der Waals surface area contributed by atoms with Gasteiger partial charge in [0.25, 0.3) is 0 Å². The van der Waals surface area contributed by atoms with E-state index in [9.17, 15) is 24.3 Å². The summed E-state index contributed by atoms with van der Waals surface area (Å²) < 4.78 is 0. The van der Waals surface area contributed by atoms with Crippen molar-refractivity contribution in [2.45, 2.75) is 69.8 Å². The van der Waals surface area contributed by atoms with Gasteiger partial charge in [0, 0.05) is 0 Å². The molecule has 0 unspecified atom stereocenters. The summed E-state index contributed by atoms with van der Waals surface area (Å²) in [6.07, 6.45) is 0.905. The molecule has 0 heterocycles. The molecule has 0 rings (SSSR count). The average molecular weight is 465 g/mol. The third-order valence-corrected chi connectivity index (χ3v) is 5.33. The Hall–Kier alpha value is -1.64. The second-order valence-corrected chi connectivity index (χ2v) is 9.49. The van der Waals surface area contributed by atoms with Gasteiger partial charge in [0.1, 0.15) is 0 Å². The molecule has 0 aliphatic rings. The number of nitrogens with two attached hydrogens (primary N) is 1. The molecular weight excluding hydrogens is 431 g/mol. The first-order valence-corrected chi connectivity index (χ1v) is 12.3. The fraction of sp³-hybridized carbons (Fsp3) is 0.778. The number of nitrogens with one attached hydrogen (secondary N) is 3. The van der Waals surface area contributed by atoms with Crippen molar-refractivity contribution in [3.8, 4) is 0 Å². The van der Waals surface area contributed by atoms with Crippen LogP contribution in [0.15, 0.2) is 0 Å². The van der Waals surface area contributed by atoms with E-state index in [1.807, 2.05) is 19.7 Å². The van der Waals surface area contributed by atoms with Gasteiger partial charge in [-0.1, -0.05) is 0 Å². The van der Waals surface area contributed by atoms with Crippen LogP contribution in [0.4, 0.5) is 0 Å². The number of amides is 3. The van der Waals surface area contributed by atoms with Crippen LogP contribution in [0.25, 0.3) is 0 Å². The molecular formula is C18H34N4O5Se. The average Bonchev–Trinajstić information content (AvgIpc) is 2.59. The summed E-state index contributed by atoms with van der Waals surface area (Å²) >= 11 is 0.297. The first kappa shape index (κ1) is 26.4. The van der Waals surface area contributed by atoms with Gasteiger partial charge in [0.05, 0.1) is 0 Å². The molecule has 0 aromatic rings. The van der Waals surface area contributed by atoms with Crippen molar-refractivity contribution in [2.24, 2.45) is 17.6 Å². The monoisotopic (exact) mass is 466 g/mol. The number of carbonyl (C=O) groups is 4. The molecule has 10 heteroatoms. The van der Waals surface area contributed by atoms with Crippen LogP contribution in [0, 0.1) is 11.8 Å². The van der Waals surface area contributed by atoms with Gasteiger partial charge in [-0.2, -0.15) is 0 Å². The number of hydrogen-bond acceptors (Lipinski definition) is 5. The minimum atomic E-state index is -1.13. The number of carbonyl (C=O) groups excluding carboxylic acids is 3. The van der Waals surface area contributed by atoms with E-state index in [0.29, 0.717) is 27.8 Å². The van der Waals surface area contributed by atoms with Gasteiger partial charge in [-0.15, -0.1) is 0 Å². The molecule has 0 fully saturated rings. The third-order valence-electron chi connectivity index (χ3n) is 3.98. The summed E-state index contributed by atoms with van der Waals surface area (Å²) in [6, 6.07) is -2.58. The fourth-order valence-electron chi connectivity index (χ4n) is 2.43. The maximum atomic E-state index is 12.5. The molecule has 0 aliphatic carbocycles. The van der Waals surface area contributed by atoms with Crippen LogP contribution in [0.5, 0.6) is 0 Å². The van der Waals surface area contributed by atoms with E-state index in [0.717, 1.165) is 5.32 Å². The number of rotatable bonds is 13. The summed E-state index contributed by atoms with van der Waals surface area (Å²) in [5.74, 6) is -0.649. The third kappa shape index (κ3) is 10.6. The Morgan fingerprint density at radius 2 is 1.64 bits per heavy atom. The summed E-state index contributed by atoms with van der Waals surface area (Å²) in [5.41, 5.74) is 5.77. The predicted molar refractivity (Wildman–Crippen MR) is 108 cm³/mol. The van der Waals surface area contributed by atoms with E-state index in [4.69, 9.17) is 5.73 Å². The van der Waals surface area contributed by atoms with Crippen LogP contribution < -0.4 is 21.7 Å². The van der Waals surface area contributed by atoms with Gasteiger partial charge in [0.2, 0.25) is 0 Å². The van der Waals surface area contributed by atoms with Crippen molar-refractivity contribution in [3.05, 3.63) is 0 Å². The van der Waals surface area contributed by atoms with Crippen molar-refractivity contribution in [1.82, 2.24) is 16.0 Å². The van der Waals surface area contributed by atoms with Gasteiger partial charge in [-0.3, -0.25) is 0 Å². The van der Waals surface area contributed by atoms with Crippen LogP contribution in [0.3, 0.4) is 0 Å². The Bertz CT molecular complexity index is 542. The zero-order valence-electron chi connectivity index (χ0n) is 17.3. The number of hydrogen-bond donors (Lipinski definition) is 5. The van der Waals surface area contributed by atoms with Crippen LogP contribution in [-0.2, 0) is 19.2 Å². The molecule has 0 aromatic heterocycles. The van der Waals surface area contributed by atoms with E-state index in [1.54, 1.807) is 13.8 Å². The molecule has 0 aliphatic heterocycles. The first-order valence-electron chi connectivity index (χ1n) is 9.34. The molecule has 162 valence electrons. The SMILES string of the molecule is C[Se]CC[C@H](NC(=O)CNC(=O)[C@@H](N)CC(C)C)C(=O)N[C@H](C(=O)O)C(C)C. The topological polar surface area (TPSA) is 151 Å². The second-order valence-electron chi connectivity index (χ2n) is 7.42. The number of carboxylic acid groups (broad SMARTS) is 1. The van der Waals surface area contributed by atoms with E-state index in [1.165, 1.54) is 0 Å². The molecule has 0 saturated heterocycles. The van der Waals surface area contributed by atoms with E-state index in [-0.39, 0.29) is 18.4 Å². The Morgan fingerprint density at radius 3 is 2.11 bits per heavy atom. The summed E-state index contributed by atoms with van der Waals surface area (Å²) in [4.78, 5) is 47.9. The molecule has 6 N–H and O–H groups in total. The molecule has 0 bridgehead atoms. The minimum absolute atomic E-state index is 0.252.